The van der Waals surface area contributed by atoms with Gasteiger partial charge < -0.3 is 14.8 Å². The highest BCUT2D eigenvalue weighted by molar-refractivity contribution is 5.92. The molecule has 26 heavy (non-hydrogen) atoms. The third-order valence-corrected chi connectivity index (χ3v) is 5.04. The van der Waals surface area contributed by atoms with E-state index in [2.05, 4.69) is 40.3 Å². The summed E-state index contributed by atoms with van der Waals surface area (Å²) in [6, 6.07) is 10.5. The van der Waals surface area contributed by atoms with Crippen molar-refractivity contribution in [1.82, 2.24) is 19.9 Å². The minimum absolute atomic E-state index is 0.0699. The number of nitrogens with one attached hydrogen (secondary N) is 1. The van der Waals surface area contributed by atoms with Crippen molar-refractivity contribution < 1.29 is 4.79 Å². The first-order valence-electron chi connectivity index (χ1n) is 9.00. The molecule has 1 aromatic carbocycles. The van der Waals surface area contributed by atoms with Gasteiger partial charge in [-0.15, -0.1) is 0 Å². The van der Waals surface area contributed by atoms with E-state index in [1.54, 1.807) is 17.1 Å². The number of carbonyl (C=O) groups is 1. The van der Waals surface area contributed by atoms with Crippen LogP contribution in [-0.4, -0.2) is 39.6 Å². The van der Waals surface area contributed by atoms with Gasteiger partial charge >= 0.3 is 0 Å². The number of rotatable bonds is 3. The summed E-state index contributed by atoms with van der Waals surface area (Å²) in [5.41, 5.74) is 2.83. The van der Waals surface area contributed by atoms with Crippen LogP contribution in [0, 0.1) is 6.92 Å². The topological polar surface area (TPSA) is 63.1 Å². The van der Waals surface area contributed by atoms with Crippen LogP contribution in [0.15, 0.2) is 42.9 Å². The van der Waals surface area contributed by atoms with Gasteiger partial charge in [-0.25, -0.2) is 9.97 Å². The van der Waals surface area contributed by atoms with Gasteiger partial charge in [-0.05, 0) is 37.5 Å². The fraction of sp³-hybridized carbons (Fsp3) is 0.350. The van der Waals surface area contributed by atoms with Crippen LogP contribution in [0.3, 0.4) is 0 Å². The predicted octanol–water partition coefficient (Wildman–Crippen LogP) is 2.68. The quantitative estimate of drug-likeness (QED) is 0.790. The number of aromatic nitrogens is 3. The number of piperidine rings is 1. The number of hydrogen-bond acceptors (Lipinski definition) is 4. The average molecular weight is 349 g/mol. The normalized spacial score (nSPS) is 17.5. The summed E-state index contributed by atoms with van der Waals surface area (Å²) in [4.78, 5) is 23.6. The maximum Gasteiger partial charge on any atom is 0.269 e. The van der Waals surface area contributed by atoms with Gasteiger partial charge in [0.15, 0.2) is 0 Å². The number of imidazole rings is 1. The molecule has 0 saturated carbocycles. The second-order valence-electron chi connectivity index (χ2n) is 6.96. The van der Waals surface area contributed by atoms with Gasteiger partial charge in [-0.1, -0.05) is 18.2 Å². The van der Waals surface area contributed by atoms with Gasteiger partial charge in [-0.2, -0.15) is 0 Å². The van der Waals surface area contributed by atoms with Crippen molar-refractivity contribution in [2.45, 2.75) is 25.8 Å². The lowest BCUT2D eigenvalue weighted by Crippen LogP contribution is -2.48. The molecule has 2 aromatic heterocycles. The average Bonchev–Trinajstić information content (AvgIpc) is 3.08. The second kappa shape index (κ2) is 6.78. The zero-order valence-corrected chi connectivity index (χ0v) is 15.1. The van der Waals surface area contributed by atoms with Crippen LogP contribution in [0.2, 0.25) is 0 Å². The smallest absolute Gasteiger partial charge is 0.269 e. The number of para-hydroxylation sites is 1. The third kappa shape index (κ3) is 3.14. The predicted molar refractivity (Wildman–Crippen MR) is 102 cm³/mol. The minimum Gasteiger partial charge on any atom is -0.355 e. The lowest BCUT2D eigenvalue weighted by atomic mass is 10.0. The van der Waals surface area contributed by atoms with E-state index in [4.69, 9.17) is 4.98 Å². The van der Waals surface area contributed by atoms with Crippen LogP contribution >= 0.6 is 0 Å². The number of hydrogen-bond donors (Lipinski definition) is 1. The molecule has 1 N–H and O–H groups in total. The molecule has 0 radical (unpaired) electrons. The Kier molecular flexibility index (Phi) is 4.32. The highest BCUT2D eigenvalue weighted by Crippen LogP contribution is 2.24. The summed E-state index contributed by atoms with van der Waals surface area (Å²) < 4.78 is 1.74. The molecule has 0 spiro atoms. The molecule has 1 atom stereocenters. The van der Waals surface area contributed by atoms with Crippen molar-refractivity contribution in [3.8, 4) is 0 Å². The van der Waals surface area contributed by atoms with Gasteiger partial charge in [0.25, 0.3) is 5.91 Å². The summed E-state index contributed by atoms with van der Waals surface area (Å²) in [7, 11) is 1.83. The van der Waals surface area contributed by atoms with E-state index in [0.717, 1.165) is 37.3 Å². The maximum atomic E-state index is 12.5. The van der Waals surface area contributed by atoms with Gasteiger partial charge in [0.2, 0.25) is 0 Å². The number of aryl methyl sites for hydroxylation is 2. The van der Waals surface area contributed by atoms with E-state index in [9.17, 15) is 4.79 Å². The van der Waals surface area contributed by atoms with Crippen molar-refractivity contribution in [2.24, 2.45) is 7.05 Å². The van der Waals surface area contributed by atoms with Crippen LogP contribution in [0.5, 0.6) is 0 Å². The van der Waals surface area contributed by atoms with Gasteiger partial charge in [0, 0.05) is 31.6 Å². The Morgan fingerprint density at radius 2 is 2.15 bits per heavy atom. The largest absolute Gasteiger partial charge is 0.355 e. The minimum atomic E-state index is -0.0699. The molecule has 0 bridgehead atoms. The summed E-state index contributed by atoms with van der Waals surface area (Å²) in [6.07, 6.45) is 5.25. The number of nitrogens with zero attached hydrogens (tertiary/aromatic N) is 4. The molecule has 134 valence electrons. The molecule has 6 heteroatoms. The van der Waals surface area contributed by atoms with Crippen LogP contribution in [0.4, 0.5) is 5.82 Å². The van der Waals surface area contributed by atoms with E-state index in [1.165, 1.54) is 10.9 Å². The van der Waals surface area contributed by atoms with Crippen LogP contribution < -0.4 is 10.2 Å². The number of fused-ring (bicyclic) bond motifs is 1. The van der Waals surface area contributed by atoms with E-state index in [0.29, 0.717) is 5.69 Å². The van der Waals surface area contributed by atoms with Crippen LogP contribution in [-0.2, 0) is 7.05 Å². The zero-order valence-electron chi connectivity index (χ0n) is 15.1. The van der Waals surface area contributed by atoms with Gasteiger partial charge in [0.05, 0.1) is 18.0 Å². The summed E-state index contributed by atoms with van der Waals surface area (Å²) >= 11 is 0. The number of carbonyl (C=O) groups excluding carboxylic acids is 1. The van der Waals surface area contributed by atoms with Crippen molar-refractivity contribution >= 4 is 22.6 Å². The highest BCUT2D eigenvalue weighted by Gasteiger charge is 2.24. The molecule has 1 unspecified atom stereocenters. The molecule has 1 fully saturated rings. The Labute approximate surface area is 152 Å². The monoisotopic (exact) mass is 349 g/mol. The van der Waals surface area contributed by atoms with Crippen molar-refractivity contribution in [1.29, 1.82) is 0 Å². The fourth-order valence-electron chi connectivity index (χ4n) is 3.63. The van der Waals surface area contributed by atoms with Gasteiger partial charge in [0.1, 0.15) is 11.5 Å². The second-order valence-corrected chi connectivity index (χ2v) is 6.96. The van der Waals surface area contributed by atoms with E-state index in [-0.39, 0.29) is 11.9 Å². The van der Waals surface area contributed by atoms with Crippen LogP contribution in [0.25, 0.3) is 10.9 Å². The Morgan fingerprint density at radius 3 is 2.96 bits per heavy atom. The molecular weight excluding hydrogens is 326 g/mol. The number of pyridine rings is 1. The van der Waals surface area contributed by atoms with E-state index in [1.807, 2.05) is 19.2 Å². The fourth-order valence-corrected chi connectivity index (χ4v) is 3.63. The first-order valence-corrected chi connectivity index (χ1v) is 9.00. The zero-order chi connectivity index (χ0) is 18.1. The standard InChI is InChI=1S/C20H23N5O/c1-14-10-19(23-17-8-4-3-7-16(14)17)25-9-5-6-15(12-25)22-20(26)18-11-21-13-24(18)2/h3-4,7-8,10-11,13,15H,5-6,9,12H2,1-2H3,(H,22,26). The highest BCUT2D eigenvalue weighted by atomic mass is 16.2. The molecule has 3 aromatic rings. The molecule has 4 rings (SSSR count). The molecule has 1 aliphatic rings. The number of benzene rings is 1. The molecule has 1 saturated heterocycles. The lowest BCUT2D eigenvalue weighted by molar-refractivity contribution is 0.0925. The molecular formula is C20H23N5O. The molecule has 1 amide bonds. The Morgan fingerprint density at radius 1 is 1.31 bits per heavy atom. The van der Waals surface area contributed by atoms with Crippen molar-refractivity contribution in [2.75, 3.05) is 18.0 Å². The van der Waals surface area contributed by atoms with Crippen LogP contribution in [0.1, 0.15) is 28.9 Å². The first-order chi connectivity index (χ1) is 12.6. The van der Waals surface area contributed by atoms with Crippen molar-refractivity contribution in [3.05, 3.63) is 54.1 Å². The van der Waals surface area contributed by atoms with Gasteiger partial charge in [-0.3, -0.25) is 4.79 Å². The maximum absolute atomic E-state index is 12.5. The van der Waals surface area contributed by atoms with Crippen molar-refractivity contribution in [3.63, 3.8) is 0 Å². The first kappa shape index (κ1) is 16.6. The molecule has 3 heterocycles. The third-order valence-electron chi connectivity index (χ3n) is 5.04. The lowest BCUT2D eigenvalue weighted by Gasteiger charge is -2.34. The number of amides is 1. The molecule has 0 aliphatic carbocycles. The molecule has 6 nitrogen and oxygen atoms in total. The summed E-state index contributed by atoms with van der Waals surface area (Å²) in [5, 5.41) is 4.33. The number of anilines is 1. The Balaban J connectivity index is 1.52. The Hall–Kier alpha value is -2.89. The summed E-state index contributed by atoms with van der Waals surface area (Å²) in [5.74, 6) is 0.917. The molecule has 1 aliphatic heterocycles. The van der Waals surface area contributed by atoms with E-state index < -0.39 is 0 Å². The summed E-state index contributed by atoms with van der Waals surface area (Å²) in [6.45, 7) is 3.86. The SMILES string of the molecule is Cc1cc(N2CCCC(NC(=O)c3cncn3C)C2)nc2ccccc12. The van der Waals surface area contributed by atoms with E-state index >= 15 is 0 Å². The Bertz CT molecular complexity index is 948.